The van der Waals surface area contributed by atoms with Crippen molar-refractivity contribution in [3.63, 3.8) is 0 Å². The summed E-state index contributed by atoms with van der Waals surface area (Å²) in [6, 6.07) is 28.6. The number of fused-ring (bicyclic) bond motifs is 6. The molecule has 2 aliphatic carbocycles. The van der Waals surface area contributed by atoms with Crippen molar-refractivity contribution < 1.29 is 0 Å². The third-order valence-electron chi connectivity index (χ3n) is 9.97. The molecule has 0 saturated carbocycles. The number of aromatic nitrogens is 1. The van der Waals surface area contributed by atoms with Crippen molar-refractivity contribution in [1.29, 1.82) is 10.5 Å². The fourth-order valence-electron chi connectivity index (χ4n) is 7.15. The number of pyridine rings is 1. The monoisotopic (exact) mass is 602 g/mol. The van der Waals surface area contributed by atoms with Crippen LogP contribution in [0.5, 0.6) is 0 Å². The number of hydrogen-bond donors (Lipinski definition) is 0. The molecule has 0 atom stereocenters. The van der Waals surface area contributed by atoms with Crippen LogP contribution < -0.4 is 4.90 Å². The quantitative estimate of drug-likeness (QED) is 0.192. The van der Waals surface area contributed by atoms with Crippen LogP contribution in [0.3, 0.4) is 0 Å². The SMILES string of the molecule is Cc1cc(N(c2ccc3c(c2)C(C)(C)c2ccccc2-3)c2cnc3c(c2)C(C)(C)c2cc(C=C(C#N)C#N)sc2-3)cc(C)c1C. The Hall–Kier alpha value is -4.97. The number of allylic oxidation sites excluding steroid dienone is 1. The summed E-state index contributed by atoms with van der Waals surface area (Å²) < 4.78 is 0. The first kappa shape index (κ1) is 28.8. The van der Waals surface area contributed by atoms with Gasteiger partial charge in [0.1, 0.15) is 17.7 Å². The second-order valence-electron chi connectivity index (χ2n) is 13.3. The highest BCUT2D eigenvalue weighted by Crippen LogP contribution is 2.54. The van der Waals surface area contributed by atoms with Gasteiger partial charge in [-0.2, -0.15) is 10.5 Å². The number of thiophene rings is 1. The topological polar surface area (TPSA) is 63.7 Å². The van der Waals surface area contributed by atoms with Crippen LogP contribution >= 0.6 is 11.3 Å². The zero-order chi connectivity index (χ0) is 31.8. The second-order valence-corrected chi connectivity index (χ2v) is 14.4. The molecule has 0 unspecified atom stereocenters. The molecule has 5 heteroatoms. The molecule has 2 aromatic heterocycles. The van der Waals surface area contributed by atoms with Crippen molar-refractivity contribution in [2.75, 3.05) is 4.90 Å². The first-order valence-corrected chi connectivity index (χ1v) is 16.1. The molecular formula is C40H34N4S. The maximum Gasteiger partial charge on any atom is 0.131 e. The number of aryl methyl sites for hydroxylation is 2. The van der Waals surface area contributed by atoms with Gasteiger partial charge >= 0.3 is 0 Å². The Morgan fingerprint density at radius 3 is 2.09 bits per heavy atom. The minimum Gasteiger partial charge on any atom is -0.309 e. The molecule has 7 rings (SSSR count). The Balaban J connectivity index is 1.40. The molecule has 3 aromatic carbocycles. The van der Waals surface area contributed by atoms with Gasteiger partial charge in [-0.05, 0) is 113 Å². The van der Waals surface area contributed by atoms with Gasteiger partial charge in [0.15, 0.2) is 0 Å². The molecule has 220 valence electrons. The van der Waals surface area contributed by atoms with Crippen molar-refractivity contribution in [3.8, 4) is 33.8 Å². The average molecular weight is 603 g/mol. The van der Waals surface area contributed by atoms with E-state index < -0.39 is 0 Å². The summed E-state index contributed by atoms with van der Waals surface area (Å²) in [6.07, 6.45) is 3.66. The highest BCUT2D eigenvalue weighted by molar-refractivity contribution is 7.16. The number of anilines is 3. The smallest absolute Gasteiger partial charge is 0.131 e. The molecule has 0 saturated heterocycles. The number of hydrogen-bond acceptors (Lipinski definition) is 5. The lowest BCUT2D eigenvalue weighted by Crippen LogP contribution is -2.18. The molecule has 0 bridgehead atoms. The highest BCUT2D eigenvalue weighted by atomic mass is 32.1. The Bertz CT molecular complexity index is 2140. The van der Waals surface area contributed by atoms with Gasteiger partial charge in [0.2, 0.25) is 0 Å². The molecule has 0 N–H and O–H groups in total. The summed E-state index contributed by atoms with van der Waals surface area (Å²) >= 11 is 1.59. The number of nitriles is 2. The van der Waals surface area contributed by atoms with Crippen molar-refractivity contribution in [3.05, 3.63) is 122 Å². The van der Waals surface area contributed by atoms with Gasteiger partial charge < -0.3 is 4.90 Å². The van der Waals surface area contributed by atoms with Crippen LogP contribution in [0.15, 0.2) is 78.5 Å². The van der Waals surface area contributed by atoms with Crippen molar-refractivity contribution >= 4 is 34.5 Å². The molecule has 0 radical (unpaired) electrons. The van der Waals surface area contributed by atoms with Crippen LogP contribution in [-0.2, 0) is 10.8 Å². The molecule has 2 aliphatic rings. The zero-order valence-electron chi connectivity index (χ0n) is 26.7. The van der Waals surface area contributed by atoms with E-state index in [0.717, 1.165) is 32.5 Å². The van der Waals surface area contributed by atoms with E-state index in [9.17, 15) is 10.5 Å². The number of nitrogens with zero attached hydrogens (tertiary/aromatic N) is 4. The predicted octanol–water partition coefficient (Wildman–Crippen LogP) is 10.6. The normalized spacial score (nSPS) is 14.4. The number of benzene rings is 3. The fourth-order valence-corrected chi connectivity index (χ4v) is 8.42. The van der Waals surface area contributed by atoms with Gasteiger partial charge in [-0.25, -0.2) is 0 Å². The molecule has 0 amide bonds. The summed E-state index contributed by atoms with van der Waals surface area (Å²) in [5, 5.41) is 18.6. The van der Waals surface area contributed by atoms with Gasteiger partial charge in [0.05, 0.1) is 22.5 Å². The van der Waals surface area contributed by atoms with E-state index in [-0.39, 0.29) is 16.4 Å². The maximum atomic E-state index is 9.29. The van der Waals surface area contributed by atoms with Crippen LogP contribution in [0, 0.1) is 43.4 Å². The van der Waals surface area contributed by atoms with Crippen LogP contribution in [-0.4, -0.2) is 4.98 Å². The Kier molecular flexibility index (Phi) is 6.41. The third kappa shape index (κ3) is 4.26. The molecule has 5 aromatic rings. The molecule has 0 aliphatic heterocycles. The largest absolute Gasteiger partial charge is 0.309 e. The highest BCUT2D eigenvalue weighted by Gasteiger charge is 2.40. The van der Waals surface area contributed by atoms with Crippen LogP contribution in [0.2, 0.25) is 0 Å². The van der Waals surface area contributed by atoms with E-state index >= 15 is 0 Å². The lowest BCUT2D eigenvalue weighted by atomic mass is 9.82. The molecular weight excluding hydrogens is 569 g/mol. The Morgan fingerprint density at radius 2 is 1.38 bits per heavy atom. The predicted molar refractivity (Wildman–Crippen MR) is 185 cm³/mol. The van der Waals surface area contributed by atoms with Crippen molar-refractivity contribution in [2.45, 2.75) is 59.3 Å². The average Bonchev–Trinajstić information content (AvgIpc) is 3.62. The van der Waals surface area contributed by atoms with Gasteiger partial charge in [-0.3, -0.25) is 4.98 Å². The van der Waals surface area contributed by atoms with E-state index in [4.69, 9.17) is 4.98 Å². The summed E-state index contributed by atoms with van der Waals surface area (Å²) in [5.41, 5.74) is 15.4. The van der Waals surface area contributed by atoms with E-state index in [0.29, 0.717) is 0 Å². The van der Waals surface area contributed by atoms with Gasteiger partial charge in [0.25, 0.3) is 0 Å². The summed E-state index contributed by atoms with van der Waals surface area (Å²) in [5.74, 6) is 0. The Morgan fingerprint density at radius 1 is 0.733 bits per heavy atom. The molecule has 4 nitrogen and oxygen atoms in total. The zero-order valence-corrected chi connectivity index (χ0v) is 27.5. The van der Waals surface area contributed by atoms with Gasteiger partial charge in [-0.15, -0.1) is 11.3 Å². The lowest BCUT2D eigenvalue weighted by Gasteiger charge is -2.30. The summed E-state index contributed by atoms with van der Waals surface area (Å²) in [7, 11) is 0. The second kappa shape index (κ2) is 10.0. The van der Waals surface area contributed by atoms with Crippen LogP contribution in [0.1, 0.15) is 71.5 Å². The standard InChI is InChI=1S/C40H34N4S/c1-23-14-28(15-24(2)25(23)3)44(27-12-13-32-31-10-8-9-11-33(31)39(4,5)34(32)17-27)29-18-35-37(43-22-29)38-36(40(35,6)7)19-30(45-38)16-26(20-41)21-42/h8-19,22H,1-7H3. The van der Waals surface area contributed by atoms with Gasteiger partial charge in [-0.1, -0.05) is 58.0 Å². The van der Waals surface area contributed by atoms with Crippen LogP contribution in [0.25, 0.3) is 27.8 Å². The summed E-state index contributed by atoms with van der Waals surface area (Å²) in [4.78, 5) is 9.48. The van der Waals surface area contributed by atoms with Crippen molar-refractivity contribution in [1.82, 2.24) is 4.98 Å². The van der Waals surface area contributed by atoms with Gasteiger partial charge in [0, 0.05) is 27.1 Å². The molecule has 0 spiro atoms. The molecule has 2 heterocycles. The minimum atomic E-state index is -0.290. The first-order valence-electron chi connectivity index (χ1n) is 15.2. The van der Waals surface area contributed by atoms with Crippen molar-refractivity contribution in [2.24, 2.45) is 0 Å². The fraction of sp³-hybridized carbons (Fsp3) is 0.225. The molecule has 45 heavy (non-hydrogen) atoms. The third-order valence-corrected chi connectivity index (χ3v) is 11.1. The maximum absolute atomic E-state index is 9.29. The first-order chi connectivity index (χ1) is 21.4. The van der Waals surface area contributed by atoms with Crippen LogP contribution in [0.4, 0.5) is 17.1 Å². The van der Waals surface area contributed by atoms with E-state index in [2.05, 4.69) is 120 Å². The number of rotatable bonds is 4. The lowest BCUT2D eigenvalue weighted by molar-refractivity contribution is 0.660. The van der Waals surface area contributed by atoms with E-state index in [1.165, 1.54) is 50.1 Å². The minimum absolute atomic E-state index is 0.108. The van der Waals surface area contributed by atoms with E-state index in [1.807, 2.05) is 18.3 Å². The Labute approximate surface area is 269 Å². The molecule has 0 fully saturated rings. The summed E-state index contributed by atoms with van der Waals surface area (Å²) in [6.45, 7) is 15.7. The van der Waals surface area contributed by atoms with E-state index in [1.54, 1.807) is 17.4 Å².